The Labute approximate surface area is 116 Å². The van der Waals surface area contributed by atoms with E-state index in [1.165, 1.54) is 10.9 Å². The van der Waals surface area contributed by atoms with Gasteiger partial charge in [-0.1, -0.05) is 6.07 Å². The second kappa shape index (κ2) is 5.20. The number of rotatable bonds is 4. The largest absolute Gasteiger partial charge is 0.398 e. The predicted octanol–water partition coefficient (Wildman–Crippen LogP) is 1.61. The zero-order valence-electron chi connectivity index (χ0n) is 10.4. The van der Waals surface area contributed by atoms with Crippen molar-refractivity contribution < 1.29 is 8.42 Å². The Bertz CT molecular complexity index is 666. The fourth-order valence-corrected chi connectivity index (χ4v) is 3.16. The first kappa shape index (κ1) is 13.9. The molecule has 0 spiro atoms. The average molecular weight is 297 g/mol. The van der Waals surface area contributed by atoms with Gasteiger partial charge in [0.2, 0.25) is 10.0 Å². The topological polar surface area (TPSA) is 89.4 Å². The molecule has 0 aliphatic carbocycles. The fraction of sp³-hybridized carbons (Fsp3) is 0.167. The third-order valence-electron chi connectivity index (χ3n) is 2.71. The number of sulfonamides is 1. The molecule has 19 heavy (non-hydrogen) atoms. The van der Waals surface area contributed by atoms with Gasteiger partial charge in [-0.2, -0.15) is 0 Å². The van der Waals surface area contributed by atoms with Crippen LogP contribution in [0.1, 0.15) is 4.88 Å². The van der Waals surface area contributed by atoms with Crippen LogP contribution in [0.15, 0.2) is 40.6 Å². The molecule has 7 heteroatoms. The van der Waals surface area contributed by atoms with Crippen LogP contribution in [0.2, 0.25) is 0 Å². The molecule has 0 aliphatic rings. The minimum absolute atomic E-state index is 0.0410. The molecule has 0 aliphatic heterocycles. The van der Waals surface area contributed by atoms with Crippen molar-refractivity contribution in [2.45, 2.75) is 11.4 Å². The summed E-state index contributed by atoms with van der Waals surface area (Å²) in [5.74, 6) is 0. The van der Waals surface area contributed by atoms with Gasteiger partial charge in [-0.15, -0.1) is 11.3 Å². The first-order valence-corrected chi connectivity index (χ1v) is 7.96. The van der Waals surface area contributed by atoms with Crippen molar-refractivity contribution in [1.82, 2.24) is 0 Å². The minimum Gasteiger partial charge on any atom is -0.398 e. The highest BCUT2D eigenvalue weighted by atomic mass is 32.2. The number of thiophene rings is 1. The lowest BCUT2D eigenvalue weighted by Crippen LogP contribution is -2.18. The highest BCUT2D eigenvalue weighted by Crippen LogP contribution is 2.25. The predicted molar refractivity (Wildman–Crippen MR) is 78.7 cm³/mol. The van der Waals surface area contributed by atoms with Gasteiger partial charge in [0.05, 0.1) is 12.2 Å². The molecule has 1 heterocycles. The summed E-state index contributed by atoms with van der Waals surface area (Å²) in [6, 6.07) is 8.79. The lowest BCUT2D eigenvalue weighted by molar-refractivity contribution is 0.598. The van der Waals surface area contributed by atoms with Crippen LogP contribution in [0.5, 0.6) is 0 Å². The molecule has 1 aromatic heterocycles. The Morgan fingerprint density at radius 1 is 1.32 bits per heavy atom. The maximum atomic E-state index is 11.3. The first-order valence-electron chi connectivity index (χ1n) is 5.54. The molecule has 0 atom stereocenters. The van der Waals surface area contributed by atoms with E-state index >= 15 is 0 Å². The van der Waals surface area contributed by atoms with Crippen LogP contribution in [-0.2, 0) is 16.6 Å². The quantitative estimate of drug-likeness (QED) is 0.839. The molecule has 5 nitrogen and oxygen atoms in total. The normalized spacial score (nSPS) is 11.5. The highest BCUT2D eigenvalue weighted by molar-refractivity contribution is 7.89. The summed E-state index contributed by atoms with van der Waals surface area (Å²) in [7, 11) is -1.85. The number of nitrogens with zero attached hydrogens (tertiary/aromatic N) is 1. The third kappa shape index (κ3) is 3.25. The van der Waals surface area contributed by atoms with Gasteiger partial charge in [-0.25, -0.2) is 13.6 Å². The fourth-order valence-electron chi connectivity index (χ4n) is 1.76. The number of anilines is 2. The summed E-state index contributed by atoms with van der Waals surface area (Å²) in [5.41, 5.74) is 6.75. The van der Waals surface area contributed by atoms with Crippen molar-refractivity contribution in [2.24, 2.45) is 5.14 Å². The Hall–Kier alpha value is -1.57. The number of hydrogen-bond donors (Lipinski definition) is 2. The van der Waals surface area contributed by atoms with Gasteiger partial charge in [0.15, 0.2) is 0 Å². The van der Waals surface area contributed by atoms with E-state index in [9.17, 15) is 8.42 Å². The Balaban J connectivity index is 2.25. The first-order chi connectivity index (χ1) is 8.88. The van der Waals surface area contributed by atoms with Gasteiger partial charge in [-0.05, 0) is 29.6 Å². The molecule has 0 saturated heterocycles. The molecule has 0 radical (unpaired) electrons. The summed E-state index contributed by atoms with van der Waals surface area (Å²) < 4.78 is 22.6. The van der Waals surface area contributed by atoms with Crippen LogP contribution in [0.25, 0.3) is 0 Å². The standard InChI is InChI=1S/C12H15N3O2S2/c1-15(8-10-3-2-6-18-10)9-4-5-12(11(13)7-9)19(14,16)17/h2-7H,8,13H2,1H3,(H2,14,16,17). The summed E-state index contributed by atoms with van der Waals surface area (Å²) in [6.45, 7) is 0.742. The van der Waals surface area contributed by atoms with Crippen LogP contribution < -0.4 is 15.8 Å². The smallest absolute Gasteiger partial charge is 0.240 e. The average Bonchev–Trinajstić information content (AvgIpc) is 2.79. The van der Waals surface area contributed by atoms with Gasteiger partial charge >= 0.3 is 0 Å². The Kier molecular flexibility index (Phi) is 3.79. The van der Waals surface area contributed by atoms with Crippen LogP contribution in [-0.4, -0.2) is 15.5 Å². The minimum atomic E-state index is -3.77. The zero-order chi connectivity index (χ0) is 14.0. The number of benzene rings is 1. The number of hydrogen-bond acceptors (Lipinski definition) is 5. The molecule has 4 N–H and O–H groups in total. The summed E-state index contributed by atoms with van der Waals surface area (Å²) in [6.07, 6.45) is 0. The Morgan fingerprint density at radius 2 is 2.05 bits per heavy atom. The Morgan fingerprint density at radius 3 is 2.58 bits per heavy atom. The number of nitrogen functional groups attached to an aromatic ring is 1. The zero-order valence-corrected chi connectivity index (χ0v) is 12.0. The second-order valence-corrected chi connectivity index (χ2v) is 6.76. The van der Waals surface area contributed by atoms with E-state index in [-0.39, 0.29) is 10.6 Å². The number of nitrogens with two attached hydrogens (primary N) is 2. The van der Waals surface area contributed by atoms with Gasteiger partial charge in [0, 0.05) is 17.6 Å². The molecule has 0 amide bonds. The van der Waals surface area contributed by atoms with E-state index in [4.69, 9.17) is 10.9 Å². The van der Waals surface area contributed by atoms with E-state index in [2.05, 4.69) is 0 Å². The monoisotopic (exact) mass is 297 g/mol. The molecule has 0 fully saturated rings. The summed E-state index contributed by atoms with van der Waals surface area (Å²) in [4.78, 5) is 3.17. The van der Waals surface area contributed by atoms with E-state index < -0.39 is 10.0 Å². The van der Waals surface area contributed by atoms with E-state index in [0.717, 1.165) is 12.2 Å². The number of primary sulfonamides is 1. The van der Waals surface area contributed by atoms with Crippen LogP contribution in [0.4, 0.5) is 11.4 Å². The van der Waals surface area contributed by atoms with Crippen molar-refractivity contribution in [3.05, 3.63) is 40.6 Å². The van der Waals surface area contributed by atoms with Crippen molar-refractivity contribution >= 4 is 32.7 Å². The van der Waals surface area contributed by atoms with Crippen LogP contribution in [0.3, 0.4) is 0 Å². The lowest BCUT2D eigenvalue weighted by atomic mass is 10.2. The van der Waals surface area contributed by atoms with Crippen molar-refractivity contribution in [2.75, 3.05) is 17.7 Å². The van der Waals surface area contributed by atoms with Crippen LogP contribution >= 0.6 is 11.3 Å². The van der Waals surface area contributed by atoms with Crippen molar-refractivity contribution in [1.29, 1.82) is 0 Å². The summed E-state index contributed by atoms with van der Waals surface area (Å²) in [5, 5.41) is 7.09. The molecule has 1 aromatic carbocycles. The van der Waals surface area contributed by atoms with E-state index in [1.807, 2.05) is 29.5 Å². The molecule has 2 rings (SSSR count). The molecule has 0 bridgehead atoms. The lowest BCUT2D eigenvalue weighted by Gasteiger charge is -2.19. The molecule has 0 saturated carbocycles. The van der Waals surface area contributed by atoms with Gasteiger partial charge in [-0.3, -0.25) is 0 Å². The molecular weight excluding hydrogens is 282 g/mol. The van der Waals surface area contributed by atoms with Crippen molar-refractivity contribution in [3.8, 4) is 0 Å². The van der Waals surface area contributed by atoms with Gasteiger partial charge in [0.1, 0.15) is 4.90 Å². The molecule has 102 valence electrons. The van der Waals surface area contributed by atoms with E-state index in [0.29, 0.717) is 0 Å². The maximum Gasteiger partial charge on any atom is 0.240 e. The molecule has 0 unspecified atom stereocenters. The molecule has 2 aromatic rings. The van der Waals surface area contributed by atoms with E-state index in [1.54, 1.807) is 23.5 Å². The molecular formula is C12H15N3O2S2. The third-order valence-corrected chi connectivity index (χ3v) is 4.56. The van der Waals surface area contributed by atoms with Crippen molar-refractivity contribution in [3.63, 3.8) is 0 Å². The SMILES string of the molecule is CN(Cc1cccs1)c1ccc(S(N)(=O)=O)c(N)c1. The second-order valence-electron chi connectivity index (χ2n) is 4.20. The van der Waals surface area contributed by atoms with Gasteiger partial charge < -0.3 is 10.6 Å². The highest BCUT2D eigenvalue weighted by Gasteiger charge is 2.13. The summed E-state index contributed by atoms with van der Waals surface area (Å²) >= 11 is 1.67. The van der Waals surface area contributed by atoms with Crippen LogP contribution in [0, 0.1) is 0 Å². The maximum absolute atomic E-state index is 11.3. The van der Waals surface area contributed by atoms with Gasteiger partial charge in [0.25, 0.3) is 0 Å².